The molecule has 1 fully saturated rings. The Morgan fingerprint density at radius 3 is 3.00 bits per heavy atom. The molecule has 0 aliphatic carbocycles. The normalized spacial score (nSPS) is 17.9. The number of halogens is 1. The molecule has 1 heterocycles. The van der Waals surface area contributed by atoms with Crippen molar-refractivity contribution >= 4 is 29.6 Å². The van der Waals surface area contributed by atoms with E-state index >= 15 is 0 Å². The predicted octanol–water partition coefficient (Wildman–Crippen LogP) is 1.09. The minimum atomic E-state index is -0.814. The van der Waals surface area contributed by atoms with Gasteiger partial charge in [0.15, 0.2) is 0 Å². The van der Waals surface area contributed by atoms with Crippen LogP contribution in [0.3, 0.4) is 0 Å². The maximum Gasteiger partial charge on any atom is 0.329 e. The van der Waals surface area contributed by atoms with Crippen molar-refractivity contribution in [1.82, 2.24) is 10.7 Å². The Balaban J connectivity index is 1.74. The lowest BCUT2D eigenvalue weighted by molar-refractivity contribution is -0.139. The molecule has 2 amide bonds. The highest BCUT2D eigenvalue weighted by Gasteiger charge is 2.18. The van der Waals surface area contributed by atoms with E-state index in [-0.39, 0.29) is 6.10 Å². The number of nitrogens with zero attached hydrogens (tertiary/aromatic N) is 1. The zero-order valence-corrected chi connectivity index (χ0v) is 12.1. The number of carbonyl (C=O) groups is 2. The first-order valence-electron chi connectivity index (χ1n) is 6.63. The summed E-state index contributed by atoms with van der Waals surface area (Å²) in [4.78, 5) is 23.0. The van der Waals surface area contributed by atoms with Gasteiger partial charge in [-0.25, -0.2) is 5.43 Å². The summed E-state index contributed by atoms with van der Waals surface area (Å²) in [5.74, 6) is -1.54. The Hall–Kier alpha value is -1.92. The van der Waals surface area contributed by atoms with E-state index in [2.05, 4.69) is 15.8 Å². The van der Waals surface area contributed by atoms with E-state index < -0.39 is 11.8 Å². The van der Waals surface area contributed by atoms with Crippen molar-refractivity contribution in [3.05, 3.63) is 34.9 Å². The maximum atomic E-state index is 11.5. The van der Waals surface area contributed by atoms with Gasteiger partial charge in [0.2, 0.25) is 0 Å². The molecule has 0 radical (unpaired) electrons. The Morgan fingerprint density at radius 2 is 2.29 bits per heavy atom. The van der Waals surface area contributed by atoms with Crippen molar-refractivity contribution in [2.24, 2.45) is 5.10 Å². The Bertz CT molecular complexity index is 542. The molecule has 1 aromatic carbocycles. The van der Waals surface area contributed by atoms with Gasteiger partial charge in [-0.3, -0.25) is 9.59 Å². The van der Waals surface area contributed by atoms with Crippen LogP contribution in [-0.2, 0) is 14.3 Å². The molecule has 1 atom stereocenters. The zero-order valence-electron chi connectivity index (χ0n) is 11.3. The van der Waals surface area contributed by atoms with E-state index in [0.717, 1.165) is 18.4 Å². The molecule has 2 N–H and O–H groups in total. The van der Waals surface area contributed by atoms with E-state index in [1.807, 2.05) is 0 Å². The molecule has 1 aliphatic heterocycles. The third kappa shape index (κ3) is 5.17. The van der Waals surface area contributed by atoms with Gasteiger partial charge in [-0.1, -0.05) is 23.7 Å². The lowest BCUT2D eigenvalue weighted by atomic mass is 10.2. The number of nitrogens with one attached hydrogen (secondary N) is 2. The van der Waals surface area contributed by atoms with E-state index in [4.69, 9.17) is 16.3 Å². The minimum Gasteiger partial charge on any atom is -0.376 e. The van der Waals surface area contributed by atoms with Gasteiger partial charge >= 0.3 is 11.8 Å². The molecule has 21 heavy (non-hydrogen) atoms. The first-order chi connectivity index (χ1) is 10.1. The highest BCUT2D eigenvalue weighted by Crippen LogP contribution is 2.10. The van der Waals surface area contributed by atoms with Crippen molar-refractivity contribution in [2.75, 3.05) is 13.2 Å². The van der Waals surface area contributed by atoms with Crippen molar-refractivity contribution in [3.63, 3.8) is 0 Å². The monoisotopic (exact) mass is 309 g/mol. The number of hydrogen-bond donors (Lipinski definition) is 2. The van der Waals surface area contributed by atoms with Crippen LogP contribution in [-0.4, -0.2) is 37.3 Å². The summed E-state index contributed by atoms with van der Waals surface area (Å²) in [7, 11) is 0. The average molecular weight is 310 g/mol. The van der Waals surface area contributed by atoms with Crippen LogP contribution in [0.1, 0.15) is 18.4 Å². The van der Waals surface area contributed by atoms with Crippen LogP contribution in [0.5, 0.6) is 0 Å². The number of rotatable bonds is 4. The lowest BCUT2D eigenvalue weighted by Crippen LogP contribution is -2.41. The first-order valence-corrected chi connectivity index (χ1v) is 7.01. The molecule has 1 unspecified atom stereocenters. The Morgan fingerprint density at radius 1 is 1.43 bits per heavy atom. The number of amides is 2. The number of benzene rings is 1. The van der Waals surface area contributed by atoms with E-state index in [0.29, 0.717) is 18.2 Å². The van der Waals surface area contributed by atoms with Crippen molar-refractivity contribution < 1.29 is 14.3 Å². The van der Waals surface area contributed by atoms with E-state index in [9.17, 15) is 9.59 Å². The van der Waals surface area contributed by atoms with Crippen molar-refractivity contribution in [3.8, 4) is 0 Å². The summed E-state index contributed by atoms with van der Waals surface area (Å²) in [5.41, 5.74) is 2.88. The van der Waals surface area contributed by atoms with Crippen molar-refractivity contribution in [2.45, 2.75) is 18.9 Å². The topological polar surface area (TPSA) is 79.8 Å². The summed E-state index contributed by atoms with van der Waals surface area (Å²) in [5, 5.41) is 6.79. The number of hydrogen-bond acceptors (Lipinski definition) is 4. The molecule has 1 saturated heterocycles. The van der Waals surface area contributed by atoms with Crippen LogP contribution in [0.4, 0.5) is 0 Å². The van der Waals surface area contributed by atoms with Gasteiger partial charge < -0.3 is 10.1 Å². The molecular weight excluding hydrogens is 294 g/mol. The smallest absolute Gasteiger partial charge is 0.329 e. The zero-order chi connectivity index (χ0) is 15.1. The van der Waals surface area contributed by atoms with E-state index in [1.54, 1.807) is 24.3 Å². The molecular formula is C14H16ClN3O3. The quantitative estimate of drug-likeness (QED) is 0.496. The minimum absolute atomic E-state index is 0.00304. The second-order valence-electron chi connectivity index (χ2n) is 4.60. The molecule has 7 heteroatoms. The SMILES string of the molecule is O=C(NCC1CCCO1)C(=O)N/N=C/c1cccc(Cl)c1. The molecule has 0 aromatic heterocycles. The third-order valence-corrected chi connectivity index (χ3v) is 3.18. The van der Waals surface area contributed by atoms with E-state index in [1.165, 1.54) is 6.21 Å². The highest BCUT2D eigenvalue weighted by molar-refractivity contribution is 6.35. The van der Waals surface area contributed by atoms with Crippen molar-refractivity contribution in [1.29, 1.82) is 0 Å². The molecule has 1 aliphatic rings. The summed E-state index contributed by atoms with van der Waals surface area (Å²) < 4.78 is 5.34. The molecule has 1 aromatic rings. The second-order valence-corrected chi connectivity index (χ2v) is 5.04. The van der Waals surface area contributed by atoms with Crippen LogP contribution >= 0.6 is 11.6 Å². The van der Waals surface area contributed by atoms with Gasteiger partial charge in [0.1, 0.15) is 0 Å². The number of carbonyl (C=O) groups excluding carboxylic acids is 2. The number of ether oxygens (including phenoxy) is 1. The highest BCUT2D eigenvalue weighted by atomic mass is 35.5. The third-order valence-electron chi connectivity index (χ3n) is 2.95. The summed E-state index contributed by atoms with van der Waals surface area (Å²) in [6.45, 7) is 1.04. The molecule has 112 valence electrons. The Labute approximate surface area is 127 Å². The standard InChI is InChI=1S/C14H16ClN3O3/c15-11-4-1-3-10(7-11)8-17-18-14(20)13(19)16-9-12-5-2-6-21-12/h1,3-4,7-8,12H,2,5-6,9H2,(H,16,19)(H,18,20)/b17-8+. The van der Waals surface area contributed by atoms with Crippen LogP contribution in [0.25, 0.3) is 0 Å². The van der Waals surface area contributed by atoms with Gasteiger partial charge in [0, 0.05) is 18.2 Å². The summed E-state index contributed by atoms with van der Waals surface area (Å²) in [6, 6.07) is 6.96. The van der Waals surface area contributed by atoms with Gasteiger partial charge in [0.25, 0.3) is 0 Å². The van der Waals surface area contributed by atoms with Gasteiger partial charge in [-0.2, -0.15) is 5.10 Å². The Kier molecular flexibility index (Phi) is 5.71. The van der Waals surface area contributed by atoms with Crippen LogP contribution in [0.15, 0.2) is 29.4 Å². The second kappa shape index (κ2) is 7.75. The maximum absolute atomic E-state index is 11.5. The molecule has 2 rings (SSSR count). The molecule has 0 spiro atoms. The predicted molar refractivity (Wildman–Crippen MR) is 79.2 cm³/mol. The summed E-state index contributed by atoms with van der Waals surface area (Å²) >= 11 is 5.82. The largest absolute Gasteiger partial charge is 0.376 e. The average Bonchev–Trinajstić information content (AvgIpc) is 2.98. The van der Waals surface area contributed by atoms with Crippen LogP contribution < -0.4 is 10.7 Å². The molecule has 0 saturated carbocycles. The van der Waals surface area contributed by atoms with Crippen LogP contribution in [0, 0.1) is 0 Å². The fourth-order valence-corrected chi connectivity index (χ4v) is 2.09. The van der Waals surface area contributed by atoms with Gasteiger partial charge in [0.05, 0.1) is 12.3 Å². The fraction of sp³-hybridized carbons (Fsp3) is 0.357. The lowest BCUT2D eigenvalue weighted by Gasteiger charge is -2.09. The van der Waals surface area contributed by atoms with Crippen LogP contribution in [0.2, 0.25) is 5.02 Å². The summed E-state index contributed by atoms with van der Waals surface area (Å²) in [6.07, 6.45) is 3.29. The van der Waals surface area contributed by atoms with Gasteiger partial charge in [-0.15, -0.1) is 0 Å². The first kappa shape index (κ1) is 15.5. The fourth-order valence-electron chi connectivity index (χ4n) is 1.90. The van der Waals surface area contributed by atoms with Gasteiger partial charge in [-0.05, 0) is 30.5 Å². The number of hydrazone groups is 1. The molecule has 6 nitrogen and oxygen atoms in total. The molecule has 0 bridgehead atoms.